The van der Waals surface area contributed by atoms with Crippen LogP contribution in [0.5, 0.6) is 5.75 Å². The number of hydrogen-bond acceptors (Lipinski definition) is 7. The molecule has 10 nitrogen and oxygen atoms in total. The van der Waals surface area contributed by atoms with Gasteiger partial charge in [-0.15, -0.1) is 0 Å². The minimum Gasteiger partial charge on any atom is -0.426 e. The van der Waals surface area contributed by atoms with Crippen LogP contribution >= 0.6 is 0 Å². The number of esters is 1. The van der Waals surface area contributed by atoms with Crippen LogP contribution in [0.2, 0.25) is 0 Å². The highest BCUT2D eigenvalue weighted by Gasteiger charge is 2.67. The van der Waals surface area contributed by atoms with E-state index in [0.29, 0.717) is 23.2 Å². The summed E-state index contributed by atoms with van der Waals surface area (Å²) in [6.45, 7) is 0.103. The number of allylic oxidation sites excluding steroid dienone is 2. The lowest BCUT2D eigenvalue weighted by Crippen LogP contribution is -2.40. The Morgan fingerprint density at radius 3 is 2.03 bits per heavy atom. The Kier molecular flexibility index (Phi) is 4.85. The number of hydrogen-bond donors (Lipinski definition) is 0. The molecule has 0 spiro atoms. The van der Waals surface area contributed by atoms with Crippen LogP contribution < -0.4 is 14.5 Å². The second kappa shape index (κ2) is 8.08. The Bertz CT molecular complexity index is 1400. The van der Waals surface area contributed by atoms with Crippen molar-refractivity contribution in [3.05, 3.63) is 70.8 Å². The first-order valence-corrected chi connectivity index (χ1v) is 12.7. The minimum atomic E-state index is -0.698. The number of amides is 3. The van der Waals surface area contributed by atoms with Crippen molar-refractivity contribution in [1.29, 1.82) is 0 Å². The van der Waals surface area contributed by atoms with Crippen LogP contribution in [-0.4, -0.2) is 35.2 Å². The number of nitro groups is 1. The van der Waals surface area contributed by atoms with Crippen molar-refractivity contribution in [2.75, 3.05) is 16.3 Å². The maximum Gasteiger partial charge on any atom is 0.316 e. The van der Waals surface area contributed by atoms with Crippen LogP contribution in [0.15, 0.2) is 60.7 Å². The molecule has 2 aromatic carbocycles. The Balaban J connectivity index is 1.02. The molecule has 7 atom stereocenters. The van der Waals surface area contributed by atoms with Crippen molar-refractivity contribution in [2.45, 2.75) is 12.8 Å². The minimum absolute atomic E-state index is 0.0359. The van der Waals surface area contributed by atoms with Crippen molar-refractivity contribution in [1.82, 2.24) is 0 Å². The molecule has 0 unspecified atom stereocenters. The third-order valence-electron chi connectivity index (χ3n) is 8.81. The fourth-order valence-electron chi connectivity index (χ4n) is 6.94. The van der Waals surface area contributed by atoms with E-state index in [9.17, 15) is 29.3 Å². The first-order chi connectivity index (χ1) is 18.3. The predicted molar refractivity (Wildman–Crippen MR) is 133 cm³/mol. The van der Waals surface area contributed by atoms with Gasteiger partial charge in [0.2, 0.25) is 17.7 Å². The van der Waals surface area contributed by atoms with Gasteiger partial charge in [0.25, 0.3) is 5.69 Å². The summed E-state index contributed by atoms with van der Waals surface area (Å²) in [5.41, 5.74) is 0.848. The van der Waals surface area contributed by atoms with Gasteiger partial charge >= 0.3 is 5.97 Å². The zero-order valence-corrected chi connectivity index (χ0v) is 20.1. The van der Waals surface area contributed by atoms with Gasteiger partial charge in [0.15, 0.2) is 0 Å². The summed E-state index contributed by atoms with van der Waals surface area (Å²) in [6.07, 6.45) is 5.33. The standard InChI is InChI=1S/C28H23N3O7/c32-23-11-14(13-29(23)15-1-3-17(4-2-15)31(36)37)28(35)38-18-7-5-16(6-8-18)30-26(33)24-19-9-10-20(22-12-21(19)22)25(24)27(30)34/h1-10,14,19-22,24-25H,11-13H2/t14-,19-,20-,21-,22+,24-,25+/m0/s1. The van der Waals surface area contributed by atoms with E-state index < -0.39 is 16.8 Å². The number of benzene rings is 2. The number of anilines is 2. The molecule has 2 bridgehead atoms. The summed E-state index contributed by atoms with van der Waals surface area (Å²) in [4.78, 5) is 64.9. The van der Waals surface area contributed by atoms with Gasteiger partial charge in [-0.1, -0.05) is 12.2 Å². The van der Waals surface area contributed by atoms with Crippen molar-refractivity contribution in [3.8, 4) is 5.75 Å². The Labute approximate surface area is 217 Å². The predicted octanol–water partition coefficient (Wildman–Crippen LogP) is 3.11. The number of nitro benzene ring substituents is 1. The first-order valence-electron chi connectivity index (χ1n) is 12.7. The van der Waals surface area contributed by atoms with Gasteiger partial charge in [-0.2, -0.15) is 0 Å². The summed E-state index contributed by atoms with van der Waals surface area (Å²) in [7, 11) is 0. The molecule has 38 heavy (non-hydrogen) atoms. The maximum atomic E-state index is 13.3. The lowest BCUT2D eigenvalue weighted by Gasteiger charge is -2.37. The van der Waals surface area contributed by atoms with E-state index in [1.54, 1.807) is 24.3 Å². The molecule has 2 aliphatic heterocycles. The van der Waals surface area contributed by atoms with E-state index in [1.807, 2.05) is 0 Å². The smallest absolute Gasteiger partial charge is 0.316 e. The highest BCUT2D eigenvalue weighted by molar-refractivity contribution is 6.22. The zero-order valence-electron chi connectivity index (χ0n) is 20.1. The molecule has 4 fully saturated rings. The fraction of sp³-hybridized carbons (Fsp3) is 0.357. The SMILES string of the molecule is O=C(Oc1ccc(N2C(=O)[C@@H]3[C@H]4C=C[C@@H]([C@@H]5C[C@H]45)[C@@H]3C2=O)cc1)[C@H]1CC(=O)N(c2ccc([N+](=O)[O-])cc2)C1. The highest BCUT2D eigenvalue weighted by atomic mass is 16.6. The van der Waals surface area contributed by atoms with E-state index in [1.165, 1.54) is 34.1 Å². The van der Waals surface area contributed by atoms with Crippen LogP contribution in [0.25, 0.3) is 0 Å². The van der Waals surface area contributed by atoms with Crippen LogP contribution in [0.1, 0.15) is 12.8 Å². The van der Waals surface area contributed by atoms with E-state index >= 15 is 0 Å². The van der Waals surface area contributed by atoms with Crippen LogP contribution in [0.4, 0.5) is 17.1 Å². The van der Waals surface area contributed by atoms with Crippen molar-refractivity contribution >= 4 is 40.8 Å². The summed E-state index contributed by atoms with van der Waals surface area (Å²) in [5.74, 6) is -0.789. The number of carbonyl (C=O) groups is 4. The van der Waals surface area contributed by atoms with Crippen LogP contribution in [0.3, 0.4) is 0 Å². The van der Waals surface area contributed by atoms with E-state index in [4.69, 9.17) is 4.74 Å². The third-order valence-corrected chi connectivity index (χ3v) is 8.81. The fourth-order valence-corrected chi connectivity index (χ4v) is 6.94. The van der Waals surface area contributed by atoms with Gasteiger partial charge in [0.1, 0.15) is 5.75 Å². The van der Waals surface area contributed by atoms with Gasteiger partial charge in [-0.05, 0) is 66.5 Å². The monoisotopic (exact) mass is 513 g/mol. The molecular weight excluding hydrogens is 490 g/mol. The van der Waals surface area contributed by atoms with Gasteiger partial charge < -0.3 is 9.64 Å². The number of non-ortho nitro benzene ring substituents is 1. The van der Waals surface area contributed by atoms with Gasteiger partial charge in [-0.25, -0.2) is 0 Å². The summed E-state index contributed by atoms with van der Waals surface area (Å²) < 4.78 is 5.51. The Morgan fingerprint density at radius 1 is 0.868 bits per heavy atom. The quantitative estimate of drug-likeness (QED) is 0.150. The number of ether oxygens (including phenoxy) is 1. The van der Waals surface area contributed by atoms with Crippen molar-refractivity contribution in [3.63, 3.8) is 0 Å². The van der Waals surface area contributed by atoms with Gasteiger partial charge in [-0.3, -0.25) is 34.2 Å². The van der Waals surface area contributed by atoms with Crippen molar-refractivity contribution < 1.29 is 28.8 Å². The number of nitrogens with zero attached hydrogens (tertiary/aromatic N) is 3. The Hall–Kier alpha value is -4.34. The molecule has 2 saturated carbocycles. The summed E-state index contributed by atoms with van der Waals surface area (Å²) in [5, 5.41) is 10.9. The topological polar surface area (TPSA) is 127 Å². The summed E-state index contributed by atoms with van der Waals surface area (Å²) in [6, 6.07) is 11.9. The lowest BCUT2D eigenvalue weighted by molar-refractivity contribution is -0.384. The molecule has 2 aromatic rings. The van der Waals surface area contributed by atoms with E-state index in [2.05, 4.69) is 12.2 Å². The van der Waals surface area contributed by atoms with Crippen LogP contribution in [0, 0.1) is 51.5 Å². The average Bonchev–Trinajstić information content (AvgIpc) is 3.59. The number of carbonyl (C=O) groups excluding carboxylic acids is 4. The Morgan fingerprint density at radius 2 is 1.45 bits per heavy atom. The second-order valence-electron chi connectivity index (χ2n) is 10.8. The molecule has 8 rings (SSSR count). The van der Waals surface area contributed by atoms with E-state index in [0.717, 1.165) is 6.42 Å². The summed E-state index contributed by atoms with van der Waals surface area (Å²) >= 11 is 0. The molecule has 4 aliphatic carbocycles. The highest BCUT2D eigenvalue weighted by Crippen LogP contribution is 2.65. The molecule has 0 aromatic heterocycles. The lowest BCUT2D eigenvalue weighted by atomic mass is 9.63. The second-order valence-corrected chi connectivity index (χ2v) is 10.8. The molecule has 2 heterocycles. The number of rotatable bonds is 5. The molecule has 10 heteroatoms. The molecule has 2 saturated heterocycles. The molecule has 0 N–H and O–H groups in total. The largest absolute Gasteiger partial charge is 0.426 e. The van der Waals surface area contributed by atoms with Crippen LogP contribution in [-0.2, 0) is 19.2 Å². The first kappa shape index (κ1) is 22.8. The zero-order chi connectivity index (χ0) is 26.3. The van der Waals surface area contributed by atoms with E-state index in [-0.39, 0.29) is 65.8 Å². The third kappa shape index (κ3) is 3.32. The molecular formula is C28H23N3O7. The number of imide groups is 1. The molecule has 3 amide bonds. The molecule has 6 aliphatic rings. The van der Waals surface area contributed by atoms with Crippen molar-refractivity contribution in [2.24, 2.45) is 41.4 Å². The van der Waals surface area contributed by atoms with Gasteiger partial charge in [0.05, 0.1) is 28.4 Å². The average molecular weight is 514 g/mol. The molecule has 0 radical (unpaired) electrons. The molecule has 192 valence electrons. The van der Waals surface area contributed by atoms with Gasteiger partial charge in [0, 0.05) is 30.8 Å². The normalized spacial score (nSPS) is 32.4. The maximum absolute atomic E-state index is 13.3.